The number of rotatable bonds is 4. The minimum Gasteiger partial charge on any atom is -0.437 e. The SMILES string of the molecule is Cc1cc(CC(C)N)cnc1Oc1cccnc1C. The van der Waals surface area contributed by atoms with Gasteiger partial charge in [-0.2, -0.15) is 0 Å². The maximum atomic E-state index is 5.80. The van der Waals surface area contributed by atoms with Gasteiger partial charge in [-0.05, 0) is 51.0 Å². The third-order valence-electron chi connectivity index (χ3n) is 2.81. The van der Waals surface area contributed by atoms with Gasteiger partial charge in [-0.1, -0.05) is 0 Å². The first-order valence-corrected chi connectivity index (χ1v) is 6.37. The molecule has 2 aromatic rings. The highest BCUT2D eigenvalue weighted by Gasteiger charge is 2.07. The van der Waals surface area contributed by atoms with Gasteiger partial charge in [-0.15, -0.1) is 0 Å². The second-order valence-electron chi connectivity index (χ2n) is 4.84. The quantitative estimate of drug-likeness (QED) is 0.915. The van der Waals surface area contributed by atoms with E-state index in [0.29, 0.717) is 5.88 Å². The first-order valence-electron chi connectivity index (χ1n) is 6.37. The lowest BCUT2D eigenvalue weighted by atomic mass is 10.1. The molecule has 0 spiro atoms. The average Bonchev–Trinajstić information content (AvgIpc) is 2.34. The second kappa shape index (κ2) is 5.80. The van der Waals surface area contributed by atoms with Crippen LogP contribution in [-0.2, 0) is 6.42 Å². The van der Waals surface area contributed by atoms with Gasteiger partial charge in [-0.3, -0.25) is 4.98 Å². The van der Waals surface area contributed by atoms with Crippen LogP contribution in [-0.4, -0.2) is 16.0 Å². The first-order chi connectivity index (χ1) is 9.06. The molecule has 2 rings (SSSR count). The van der Waals surface area contributed by atoms with Gasteiger partial charge in [0.05, 0.1) is 5.69 Å². The van der Waals surface area contributed by atoms with Crippen molar-refractivity contribution in [2.75, 3.05) is 0 Å². The number of aryl methyl sites for hydroxylation is 2. The molecule has 0 bridgehead atoms. The lowest BCUT2D eigenvalue weighted by molar-refractivity contribution is 0.452. The minimum absolute atomic E-state index is 0.133. The highest BCUT2D eigenvalue weighted by Crippen LogP contribution is 2.24. The van der Waals surface area contributed by atoms with Crippen molar-refractivity contribution in [1.29, 1.82) is 0 Å². The molecule has 0 saturated heterocycles. The summed E-state index contributed by atoms with van der Waals surface area (Å²) in [6.45, 7) is 5.88. The molecule has 0 amide bonds. The van der Waals surface area contributed by atoms with Gasteiger partial charge in [0.15, 0.2) is 5.75 Å². The Morgan fingerprint density at radius 1 is 1.32 bits per heavy atom. The maximum absolute atomic E-state index is 5.80. The molecule has 0 aliphatic rings. The van der Waals surface area contributed by atoms with Gasteiger partial charge < -0.3 is 10.5 Å². The van der Waals surface area contributed by atoms with E-state index in [4.69, 9.17) is 10.5 Å². The van der Waals surface area contributed by atoms with Gasteiger partial charge in [0.25, 0.3) is 0 Å². The highest BCUT2D eigenvalue weighted by molar-refractivity contribution is 5.35. The molecule has 4 heteroatoms. The van der Waals surface area contributed by atoms with Crippen LogP contribution < -0.4 is 10.5 Å². The Hall–Kier alpha value is -1.94. The Kier molecular flexibility index (Phi) is 4.12. The topological polar surface area (TPSA) is 61.0 Å². The fourth-order valence-corrected chi connectivity index (χ4v) is 1.89. The summed E-state index contributed by atoms with van der Waals surface area (Å²) in [6, 6.07) is 5.94. The predicted molar refractivity (Wildman–Crippen MR) is 75.4 cm³/mol. The first kappa shape index (κ1) is 13.5. The summed E-state index contributed by atoms with van der Waals surface area (Å²) in [5, 5.41) is 0. The van der Waals surface area contributed by atoms with Crippen LogP contribution in [0.3, 0.4) is 0 Å². The number of pyridine rings is 2. The molecule has 0 aromatic carbocycles. The van der Waals surface area contributed by atoms with E-state index in [-0.39, 0.29) is 6.04 Å². The number of nitrogens with two attached hydrogens (primary N) is 1. The lowest BCUT2D eigenvalue weighted by Gasteiger charge is -2.11. The van der Waals surface area contributed by atoms with Gasteiger partial charge in [0, 0.05) is 24.0 Å². The molecule has 1 atom stereocenters. The molecular weight excluding hydrogens is 238 g/mol. The number of ether oxygens (including phenoxy) is 1. The van der Waals surface area contributed by atoms with Crippen molar-refractivity contribution in [3.05, 3.63) is 47.4 Å². The van der Waals surface area contributed by atoms with Crippen molar-refractivity contribution in [2.45, 2.75) is 33.2 Å². The number of hydrogen-bond donors (Lipinski definition) is 1. The Labute approximate surface area is 113 Å². The smallest absolute Gasteiger partial charge is 0.222 e. The van der Waals surface area contributed by atoms with E-state index in [0.717, 1.165) is 29.0 Å². The number of hydrogen-bond acceptors (Lipinski definition) is 4. The van der Waals surface area contributed by atoms with Crippen LogP contribution >= 0.6 is 0 Å². The Morgan fingerprint density at radius 3 is 2.74 bits per heavy atom. The van der Waals surface area contributed by atoms with Crippen molar-refractivity contribution in [1.82, 2.24) is 9.97 Å². The lowest BCUT2D eigenvalue weighted by Crippen LogP contribution is -2.17. The molecule has 0 fully saturated rings. The van der Waals surface area contributed by atoms with Crippen molar-refractivity contribution in [2.24, 2.45) is 5.73 Å². The van der Waals surface area contributed by atoms with Crippen LogP contribution in [0.1, 0.15) is 23.7 Å². The summed E-state index contributed by atoms with van der Waals surface area (Å²) in [5.74, 6) is 1.35. The van der Waals surface area contributed by atoms with Crippen LogP contribution in [0.5, 0.6) is 11.6 Å². The molecule has 0 radical (unpaired) electrons. The van der Waals surface area contributed by atoms with E-state index in [1.54, 1.807) is 6.20 Å². The van der Waals surface area contributed by atoms with E-state index in [9.17, 15) is 0 Å². The molecule has 0 saturated carbocycles. The van der Waals surface area contributed by atoms with Gasteiger partial charge in [-0.25, -0.2) is 4.98 Å². The second-order valence-corrected chi connectivity index (χ2v) is 4.84. The average molecular weight is 257 g/mol. The molecule has 100 valence electrons. The third-order valence-corrected chi connectivity index (χ3v) is 2.81. The zero-order valence-corrected chi connectivity index (χ0v) is 11.6. The molecule has 4 nitrogen and oxygen atoms in total. The molecule has 2 N–H and O–H groups in total. The standard InChI is InChI=1S/C15H19N3O/c1-10-7-13(8-11(2)16)9-18-15(10)19-14-5-4-6-17-12(14)3/h4-7,9,11H,8,16H2,1-3H3. The fourth-order valence-electron chi connectivity index (χ4n) is 1.89. The van der Waals surface area contributed by atoms with Crippen molar-refractivity contribution >= 4 is 0 Å². The van der Waals surface area contributed by atoms with Crippen LogP contribution in [0.4, 0.5) is 0 Å². The molecule has 0 aliphatic heterocycles. The molecule has 0 aliphatic carbocycles. The number of nitrogens with zero attached hydrogens (tertiary/aromatic N) is 2. The van der Waals surface area contributed by atoms with Crippen LogP contribution in [0.2, 0.25) is 0 Å². The molecule has 2 aromatic heterocycles. The van der Waals surface area contributed by atoms with Gasteiger partial charge >= 0.3 is 0 Å². The van der Waals surface area contributed by atoms with Gasteiger partial charge in [0.1, 0.15) is 0 Å². The molecular formula is C15H19N3O. The van der Waals surface area contributed by atoms with E-state index in [1.807, 2.05) is 39.1 Å². The van der Waals surface area contributed by atoms with E-state index < -0.39 is 0 Å². The fraction of sp³-hybridized carbons (Fsp3) is 0.333. The highest BCUT2D eigenvalue weighted by atomic mass is 16.5. The summed E-state index contributed by atoms with van der Waals surface area (Å²) in [7, 11) is 0. The summed E-state index contributed by atoms with van der Waals surface area (Å²) >= 11 is 0. The van der Waals surface area contributed by atoms with Crippen LogP contribution in [0.25, 0.3) is 0 Å². The summed E-state index contributed by atoms with van der Waals surface area (Å²) in [5.41, 5.74) is 8.77. The summed E-state index contributed by atoms with van der Waals surface area (Å²) < 4.78 is 5.80. The monoisotopic (exact) mass is 257 g/mol. The maximum Gasteiger partial charge on any atom is 0.222 e. The predicted octanol–water partition coefficient (Wildman–Crippen LogP) is 2.78. The van der Waals surface area contributed by atoms with Crippen molar-refractivity contribution < 1.29 is 4.74 Å². The molecule has 1 unspecified atom stereocenters. The van der Waals surface area contributed by atoms with Crippen molar-refractivity contribution in [3.8, 4) is 11.6 Å². The van der Waals surface area contributed by atoms with Crippen molar-refractivity contribution in [3.63, 3.8) is 0 Å². The summed E-state index contributed by atoms with van der Waals surface area (Å²) in [4.78, 5) is 8.55. The van der Waals surface area contributed by atoms with E-state index in [2.05, 4.69) is 16.0 Å². The normalized spacial score (nSPS) is 12.2. The van der Waals surface area contributed by atoms with E-state index in [1.165, 1.54) is 0 Å². The van der Waals surface area contributed by atoms with Gasteiger partial charge in [0.2, 0.25) is 5.88 Å². The molecule has 2 heterocycles. The third kappa shape index (κ3) is 3.51. The van der Waals surface area contributed by atoms with Crippen LogP contribution in [0, 0.1) is 13.8 Å². The zero-order valence-electron chi connectivity index (χ0n) is 11.6. The molecule has 19 heavy (non-hydrogen) atoms. The Bertz CT molecular complexity index is 567. The zero-order chi connectivity index (χ0) is 13.8. The van der Waals surface area contributed by atoms with E-state index >= 15 is 0 Å². The largest absolute Gasteiger partial charge is 0.437 e. The minimum atomic E-state index is 0.133. The summed E-state index contributed by atoms with van der Waals surface area (Å²) in [6.07, 6.45) is 4.38. The Balaban J connectivity index is 2.20. The van der Waals surface area contributed by atoms with Crippen LogP contribution in [0.15, 0.2) is 30.6 Å². The Morgan fingerprint density at radius 2 is 2.11 bits per heavy atom. The number of aromatic nitrogens is 2.